The van der Waals surface area contributed by atoms with Gasteiger partial charge in [0.05, 0.1) is 19.3 Å². The quantitative estimate of drug-likeness (QED) is 0.0482. The second-order valence-corrected chi connectivity index (χ2v) is 14.0. The van der Waals surface area contributed by atoms with Crippen LogP contribution in [0.15, 0.2) is 30.3 Å². The minimum absolute atomic E-state index is 0.0213. The van der Waals surface area contributed by atoms with E-state index in [-0.39, 0.29) is 19.4 Å². The van der Waals surface area contributed by atoms with E-state index in [9.17, 15) is 43.2 Å². The number of carboxylic acid groups (broad SMARTS) is 8. The molecule has 30 N–H and O–H groups in total. The molecule has 0 heterocycles. The third-order valence-electron chi connectivity index (χ3n) is 6.75. The molecular weight excluding hydrogens is 921 g/mol. The van der Waals surface area contributed by atoms with Crippen LogP contribution in [0, 0.1) is 0 Å². The van der Waals surface area contributed by atoms with Crippen molar-refractivity contribution in [2.45, 2.75) is 107 Å². The molecule has 0 aliphatic heterocycles. The summed E-state index contributed by atoms with van der Waals surface area (Å²) in [5.41, 5.74) is 50.8. The average Bonchev–Trinajstić information content (AvgIpc) is 3.25. The van der Waals surface area contributed by atoms with Crippen LogP contribution in [0.25, 0.3) is 0 Å². The van der Waals surface area contributed by atoms with Crippen LogP contribution >= 0.6 is 11.8 Å². The number of carbonyl (C=O) groups excluding carboxylic acids is 1. The number of carbonyl (C=O) groups is 9. The van der Waals surface area contributed by atoms with Crippen LogP contribution in [0.4, 0.5) is 0 Å². The second kappa shape index (κ2) is 49.8. The first kappa shape index (κ1) is 75.7. The lowest BCUT2D eigenvalue weighted by molar-refractivity contribution is -0.141. The number of unbranched alkanes of at least 4 members (excludes halogenated alkanes) is 1. The summed E-state index contributed by atoms with van der Waals surface area (Å²) < 4.78 is 0. The lowest BCUT2D eigenvalue weighted by Crippen LogP contribution is -2.39. The topological polar surface area (TPSA) is 616 Å². The fraction of sp³-hybridized carbons (Fsp3) is 0.595. The molecule has 1 aromatic rings. The van der Waals surface area contributed by atoms with Gasteiger partial charge in [-0.15, -0.1) is 0 Å². The van der Waals surface area contributed by atoms with Crippen molar-refractivity contribution in [3.63, 3.8) is 0 Å². The number of primary amides is 1. The molecule has 1 rings (SSSR count). The van der Waals surface area contributed by atoms with E-state index in [0.29, 0.717) is 25.8 Å². The number of hydrogen-bond acceptors (Lipinski definition) is 21. The molecule has 0 spiro atoms. The van der Waals surface area contributed by atoms with E-state index in [2.05, 4.69) is 5.73 Å². The Hall–Kier alpha value is -5.64. The first-order chi connectivity index (χ1) is 30.7. The first-order valence-electron chi connectivity index (χ1n) is 19.4. The molecule has 0 aromatic heterocycles. The van der Waals surface area contributed by atoms with Gasteiger partial charge in [-0.3, -0.25) is 43.2 Å². The smallest absolute Gasteiger partial charge is 0.323 e. The summed E-state index contributed by atoms with van der Waals surface area (Å²) in [6.07, 6.45) is 4.17. The van der Waals surface area contributed by atoms with Gasteiger partial charge in [-0.25, -0.2) is 0 Å². The standard InChI is InChI=1S/C9H11NO2.C6H14N2O2.C5H10N2O3.C5H11NO2S.C4H9NO3.C3H7NO3.C3H7NO2.C2H5NO2/c10-8(9(11)12)6-7-4-2-1-3-5-7;7-4-2-1-3-5(8)6(9)10;6-3(5(9)10)1-2-4(7)8;1-9-3-2-4(6)5(7)8;1-2(6)3(5)4(7)8;4-2(1-5)3(6)7;1-2(4)3(5)6;3-1-2(4)5/h1-5,8H,6,10H2,(H,11,12);5H,1-4,7-8H2,(H,9,10);3H,1-2,6H2,(H2,7,8)(H,9,10);4H,2-3,6H2,1H3,(H,7,8);2-3,6H,5H2,1H3,(H,7,8);2,5H,1,4H2,(H,6,7);2H,4H2,1H3,(H,5,6);1,3H2,(H,4,5)/t8-;5-;3-;4-;2-,3+;2*2-;/m0000100./s1. The predicted molar refractivity (Wildman–Crippen MR) is 245 cm³/mol. The number of benzene rings is 1. The molecule has 29 nitrogen and oxygen atoms in total. The van der Waals surface area contributed by atoms with Crippen molar-refractivity contribution >= 4 is 65.4 Å². The van der Waals surface area contributed by atoms with Gasteiger partial charge in [0, 0.05) is 6.42 Å². The fourth-order valence-electron chi connectivity index (χ4n) is 2.66. The largest absolute Gasteiger partial charge is 0.480 e. The highest BCUT2D eigenvalue weighted by Gasteiger charge is 2.16. The molecular formula is C37H74N10O19S. The number of rotatable bonds is 22. The number of amides is 1. The van der Waals surface area contributed by atoms with Crippen molar-refractivity contribution in [1.29, 1.82) is 0 Å². The number of aliphatic carboxylic acids is 8. The van der Waals surface area contributed by atoms with Gasteiger partial charge in [0.1, 0.15) is 42.3 Å². The zero-order chi connectivity index (χ0) is 54.4. The minimum atomic E-state index is -1.18. The molecule has 67 heavy (non-hydrogen) atoms. The molecule has 0 saturated carbocycles. The monoisotopic (exact) mass is 994 g/mol. The maximum Gasteiger partial charge on any atom is 0.323 e. The number of thioether (sulfide) groups is 1. The predicted octanol–water partition coefficient (Wildman–Crippen LogP) is -5.40. The molecule has 0 unspecified atom stereocenters. The fourth-order valence-corrected chi connectivity index (χ4v) is 3.15. The summed E-state index contributed by atoms with van der Waals surface area (Å²) in [6.45, 7) is 2.57. The van der Waals surface area contributed by atoms with Gasteiger partial charge in [-0.05, 0) is 70.1 Å². The lowest BCUT2D eigenvalue weighted by Gasteiger charge is -2.06. The van der Waals surface area contributed by atoms with E-state index in [4.69, 9.17) is 103 Å². The van der Waals surface area contributed by atoms with Crippen LogP contribution in [0.5, 0.6) is 0 Å². The number of carboxylic acids is 8. The molecule has 0 aliphatic carbocycles. The third-order valence-corrected chi connectivity index (χ3v) is 7.40. The SMILES string of the molecule is CSCC[C@H](N)C(=O)O.C[C@@H](O)[C@H](N)C(=O)O.C[C@H](N)C(=O)O.NC(=O)CC[C@H](N)C(=O)O.NCC(=O)O.NCCCC[C@H](N)C(=O)O.N[C@@H](CO)C(=O)O.N[C@@H](Cc1ccccc1)C(=O)O. The Morgan fingerprint density at radius 2 is 0.940 bits per heavy atom. The third kappa shape index (κ3) is 64.7. The Morgan fingerprint density at radius 1 is 0.567 bits per heavy atom. The van der Waals surface area contributed by atoms with Crippen LogP contribution in [0.1, 0.15) is 57.9 Å². The molecule has 0 aliphatic rings. The van der Waals surface area contributed by atoms with E-state index >= 15 is 0 Å². The van der Waals surface area contributed by atoms with Crippen LogP contribution in [-0.2, 0) is 49.6 Å². The normalized spacial score (nSPS) is 13.0. The van der Waals surface area contributed by atoms with Gasteiger partial charge in [0.2, 0.25) is 5.91 Å². The van der Waals surface area contributed by atoms with E-state index < -0.39 is 109 Å². The Balaban J connectivity index is -0.000000124. The van der Waals surface area contributed by atoms with Gasteiger partial charge in [-0.2, -0.15) is 11.8 Å². The van der Waals surface area contributed by atoms with Crippen molar-refractivity contribution in [3.8, 4) is 0 Å². The highest BCUT2D eigenvalue weighted by atomic mass is 32.2. The van der Waals surface area contributed by atoms with Crippen molar-refractivity contribution in [3.05, 3.63) is 35.9 Å². The molecule has 0 bridgehead atoms. The molecule has 0 radical (unpaired) electrons. The van der Waals surface area contributed by atoms with Crippen molar-refractivity contribution in [1.82, 2.24) is 0 Å². The van der Waals surface area contributed by atoms with E-state index in [1.807, 2.05) is 36.6 Å². The molecule has 1 amide bonds. The molecule has 0 fully saturated rings. The highest BCUT2D eigenvalue weighted by Crippen LogP contribution is 2.01. The molecule has 30 heteroatoms. The van der Waals surface area contributed by atoms with E-state index in [1.54, 1.807) is 11.8 Å². The zero-order valence-electron chi connectivity index (χ0n) is 37.6. The summed E-state index contributed by atoms with van der Waals surface area (Å²) in [4.78, 5) is 89.0. The zero-order valence-corrected chi connectivity index (χ0v) is 38.4. The lowest BCUT2D eigenvalue weighted by atomic mass is 10.1. The molecule has 0 saturated heterocycles. The Labute approximate surface area is 391 Å². The Morgan fingerprint density at radius 3 is 1.18 bits per heavy atom. The maximum atomic E-state index is 10.4. The van der Waals surface area contributed by atoms with Crippen LogP contribution in [-0.4, -0.2) is 185 Å². The summed E-state index contributed by atoms with van der Waals surface area (Å²) in [5.74, 6) is -7.92. The van der Waals surface area contributed by atoms with Crippen molar-refractivity contribution < 1.29 is 94.2 Å². The van der Waals surface area contributed by atoms with Crippen LogP contribution in [0.2, 0.25) is 0 Å². The molecule has 1 aromatic carbocycles. The van der Waals surface area contributed by atoms with Gasteiger partial charge in [-0.1, -0.05) is 36.8 Å². The second-order valence-electron chi connectivity index (χ2n) is 13.0. The Kier molecular flexibility index (Phi) is 56.2. The summed E-state index contributed by atoms with van der Waals surface area (Å²) in [5, 5.41) is 81.2. The summed E-state index contributed by atoms with van der Waals surface area (Å²) in [6, 6.07) is 3.15. The van der Waals surface area contributed by atoms with Crippen molar-refractivity contribution in [2.75, 3.05) is 31.7 Å². The molecule has 392 valence electrons. The van der Waals surface area contributed by atoms with Gasteiger partial charge >= 0.3 is 47.8 Å². The summed E-state index contributed by atoms with van der Waals surface area (Å²) in [7, 11) is 0. The minimum Gasteiger partial charge on any atom is -0.480 e. The highest BCUT2D eigenvalue weighted by molar-refractivity contribution is 7.98. The summed E-state index contributed by atoms with van der Waals surface area (Å²) >= 11 is 1.60. The van der Waals surface area contributed by atoms with Gasteiger partial charge in [0.15, 0.2) is 0 Å². The number of aliphatic hydroxyl groups excluding tert-OH is 2. The van der Waals surface area contributed by atoms with Crippen LogP contribution in [0.3, 0.4) is 0 Å². The number of nitrogens with two attached hydrogens (primary N) is 10. The molecule has 8 atom stereocenters. The Bertz CT molecular complexity index is 1500. The van der Waals surface area contributed by atoms with E-state index in [1.165, 1.54) is 13.8 Å². The van der Waals surface area contributed by atoms with Crippen molar-refractivity contribution in [2.24, 2.45) is 57.3 Å². The van der Waals surface area contributed by atoms with Crippen LogP contribution < -0.4 is 57.3 Å². The first-order valence-corrected chi connectivity index (χ1v) is 20.8. The van der Waals surface area contributed by atoms with Gasteiger partial charge < -0.3 is 108 Å². The maximum absolute atomic E-state index is 10.4. The average molecular weight is 995 g/mol. The number of hydrogen-bond donors (Lipinski definition) is 20. The van der Waals surface area contributed by atoms with Gasteiger partial charge in [0.25, 0.3) is 0 Å². The van der Waals surface area contributed by atoms with E-state index in [0.717, 1.165) is 24.2 Å². The number of aliphatic hydroxyl groups is 2.